The van der Waals surface area contributed by atoms with Crippen LogP contribution in [-0.4, -0.2) is 24.9 Å². The molecule has 0 aromatic heterocycles. The number of nitrogens with zero attached hydrogens (tertiary/aromatic N) is 1. The van der Waals surface area contributed by atoms with E-state index < -0.39 is 0 Å². The summed E-state index contributed by atoms with van der Waals surface area (Å²) in [6.45, 7) is 5.71. The predicted octanol–water partition coefficient (Wildman–Crippen LogP) is 1.15. The van der Waals surface area contributed by atoms with E-state index in [-0.39, 0.29) is 0 Å². The molecule has 3 heteroatoms. The van der Waals surface area contributed by atoms with E-state index in [2.05, 4.69) is 10.5 Å². The normalized spacial score (nSPS) is 23.3. The van der Waals surface area contributed by atoms with Crippen molar-refractivity contribution in [3.63, 3.8) is 0 Å². The molecule has 0 bridgehead atoms. The molecule has 0 radical (unpaired) electrons. The van der Waals surface area contributed by atoms with Gasteiger partial charge in [-0.15, -0.1) is 0 Å². The van der Waals surface area contributed by atoms with Crippen molar-refractivity contribution in [2.75, 3.05) is 13.2 Å². The molecule has 64 valence electrons. The summed E-state index contributed by atoms with van der Waals surface area (Å²) >= 11 is 0. The van der Waals surface area contributed by atoms with Crippen LogP contribution in [0.5, 0.6) is 0 Å². The highest BCUT2D eigenvalue weighted by atomic mass is 16.6. The molecule has 0 amide bonds. The van der Waals surface area contributed by atoms with Gasteiger partial charge < -0.3 is 10.2 Å². The maximum Gasteiger partial charge on any atom is 0.132 e. The lowest BCUT2D eigenvalue weighted by Crippen LogP contribution is -2.25. The Hall–Kier alpha value is -0.570. The van der Waals surface area contributed by atoms with E-state index >= 15 is 0 Å². The van der Waals surface area contributed by atoms with Gasteiger partial charge in [-0.2, -0.15) is 0 Å². The third-order valence-corrected chi connectivity index (χ3v) is 1.69. The maximum atomic E-state index is 5.10. The van der Waals surface area contributed by atoms with E-state index in [1.54, 1.807) is 0 Å². The van der Waals surface area contributed by atoms with Crippen LogP contribution in [0.15, 0.2) is 5.16 Å². The third kappa shape index (κ3) is 3.37. The first-order valence-electron chi connectivity index (χ1n) is 4.15. The van der Waals surface area contributed by atoms with E-state index in [4.69, 9.17) is 4.84 Å². The highest BCUT2D eigenvalue weighted by molar-refractivity contribution is 5.78. The van der Waals surface area contributed by atoms with Gasteiger partial charge in [0.25, 0.3) is 0 Å². The van der Waals surface area contributed by atoms with Crippen molar-refractivity contribution in [1.29, 1.82) is 0 Å². The summed E-state index contributed by atoms with van der Waals surface area (Å²) in [5, 5.41) is 7.20. The summed E-state index contributed by atoms with van der Waals surface area (Å²) in [6.07, 6.45) is 2.49. The fraction of sp³-hybridized carbons (Fsp3) is 0.875. The van der Waals surface area contributed by atoms with Gasteiger partial charge in [0.2, 0.25) is 0 Å². The Morgan fingerprint density at radius 2 is 2.45 bits per heavy atom. The second kappa shape index (κ2) is 4.34. The molecular weight excluding hydrogens is 140 g/mol. The van der Waals surface area contributed by atoms with E-state index in [0.717, 1.165) is 12.3 Å². The van der Waals surface area contributed by atoms with Gasteiger partial charge in [0.1, 0.15) is 6.61 Å². The lowest BCUT2D eigenvalue weighted by molar-refractivity contribution is 0.124. The Morgan fingerprint density at radius 1 is 1.64 bits per heavy atom. The first-order valence-corrected chi connectivity index (χ1v) is 4.15. The van der Waals surface area contributed by atoms with Crippen molar-refractivity contribution in [2.45, 2.75) is 32.7 Å². The van der Waals surface area contributed by atoms with E-state index in [1.807, 2.05) is 13.8 Å². The van der Waals surface area contributed by atoms with Gasteiger partial charge in [-0.1, -0.05) is 5.16 Å². The summed E-state index contributed by atoms with van der Waals surface area (Å²) in [5.74, 6) is 0. The molecule has 1 saturated heterocycles. The molecule has 0 aliphatic carbocycles. The zero-order chi connectivity index (χ0) is 8.10. The summed E-state index contributed by atoms with van der Waals surface area (Å²) < 4.78 is 0. The monoisotopic (exact) mass is 156 g/mol. The fourth-order valence-corrected chi connectivity index (χ4v) is 1.16. The molecule has 11 heavy (non-hydrogen) atoms. The molecule has 1 heterocycles. The molecule has 1 aliphatic rings. The van der Waals surface area contributed by atoms with Crippen LogP contribution in [0.3, 0.4) is 0 Å². The Kier molecular flexibility index (Phi) is 3.36. The largest absolute Gasteiger partial charge is 0.394 e. The average Bonchev–Trinajstić information content (AvgIpc) is 2.39. The second-order valence-electron chi connectivity index (χ2n) is 3.13. The molecule has 1 aliphatic heterocycles. The van der Waals surface area contributed by atoms with Crippen LogP contribution in [0.2, 0.25) is 0 Å². The minimum Gasteiger partial charge on any atom is -0.394 e. The molecule has 1 rings (SSSR count). The molecule has 3 nitrogen and oxygen atoms in total. The van der Waals surface area contributed by atoms with Crippen LogP contribution in [0, 0.1) is 0 Å². The van der Waals surface area contributed by atoms with Crippen molar-refractivity contribution < 1.29 is 4.84 Å². The minimum atomic E-state index is 0.526. The Bertz CT molecular complexity index is 135. The van der Waals surface area contributed by atoms with Gasteiger partial charge in [0.05, 0.1) is 5.71 Å². The van der Waals surface area contributed by atoms with Crippen LogP contribution in [0.1, 0.15) is 26.7 Å². The Balaban J connectivity index is 2.07. The fourth-order valence-electron chi connectivity index (χ4n) is 1.16. The molecule has 1 N–H and O–H groups in total. The second-order valence-corrected chi connectivity index (χ2v) is 3.13. The molecule has 1 fully saturated rings. The number of nitrogens with one attached hydrogen (secondary N) is 1. The SMILES string of the molecule is CC(C)=NOC[C@@H]1CCCN1. The highest BCUT2D eigenvalue weighted by Crippen LogP contribution is 2.04. The van der Waals surface area contributed by atoms with Crippen LogP contribution in [0.25, 0.3) is 0 Å². The zero-order valence-corrected chi connectivity index (χ0v) is 7.26. The van der Waals surface area contributed by atoms with Crippen molar-refractivity contribution in [2.24, 2.45) is 5.16 Å². The minimum absolute atomic E-state index is 0.526. The predicted molar refractivity (Wildman–Crippen MR) is 45.8 cm³/mol. The van der Waals surface area contributed by atoms with Crippen molar-refractivity contribution in [3.8, 4) is 0 Å². The quantitative estimate of drug-likeness (QED) is 0.491. The van der Waals surface area contributed by atoms with E-state index in [1.165, 1.54) is 12.8 Å². The molecule has 1 atom stereocenters. The highest BCUT2D eigenvalue weighted by Gasteiger charge is 2.13. The molecule has 0 spiro atoms. The van der Waals surface area contributed by atoms with Crippen molar-refractivity contribution >= 4 is 5.71 Å². The summed E-state index contributed by atoms with van der Waals surface area (Å²) in [7, 11) is 0. The maximum absolute atomic E-state index is 5.10. The Morgan fingerprint density at radius 3 is 3.00 bits per heavy atom. The lowest BCUT2D eigenvalue weighted by atomic mass is 10.2. The standard InChI is InChI=1S/C8H16N2O/c1-7(2)10-11-6-8-4-3-5-9-8/h8-9H,3-6H2,1-2H3/t8-/m0/s1. The zero-order valence-electron chi connectivity index (χ0n) is 7.26. The first-order chi connectivity index (χ1) is 5.29. The summed E-state index contributed by atoms with van der Waals surface area (Å²) in [5.41, 5.74) is 0.975. The number of oxime groups is 1. The molecule has 0 aromatic rings. The summed E-state index contributed by atoms with van der Waals surface area (Å²) in [4.78, 5) is 5.10. The Labute approximate surface area is 67.8 Å². The van der Waals surface area contributed by atoms with Crippen LogP contribution in [0.4, 0.5) is 0 Å². The molecule has 0 saturated carbocycles. The van der Waals surface area contributed by atoms with Gasteiger partial charge in [-0.05, 0) is 33.2 Å². The molecule has 0 aromatic carbocycles. The third-order valence-electron chi connectivity index (χ3n) is 1.69. The van der Waals surface area contributed by atoms with Crippen molar-refractivity contribution in [3.05, 3.63) is 0 Å². The first kappa shape index (κ1) is 8.53. The van der Waals surface area contributed by atoms with Crippen LogP contribution < -0.4 is 5.32 Å². The van der Waals surface area contributed by atoms with Crippen molar-refractivity contribution in [1.82, 2.24) is 5.32 Å². The molecular formula is C8H16N2O. The van der Waals surface area contributed by atoms with Crippen LogP contribution >= 0.6 is 0 Å². The average molecular weight is 156 g/mol. The van der Waals surface area contributed by atoms with Gasteiger partial charge in [0, 0.05) is 6.04 Å². The van der Waals surface area contributed by atoms with Crippen LogP contribution in [-0.2, 0) is 4.84 Å². The van der Waals surface area contributed by atoms with E-state index in [9.17, 15) is 0 Å². The number of hydrogen-bond donors (Lipinski definition) is 1. The van der Waals surface area contributed by atoms with Gasteiger partial charge in [0.15, 0.2) is 0 Å². The topological polar surface area (TPSA) is 33.6 Å². The molecule has 0 unspecified atom stereocenters. The van der Waals surface area contributed by atoms with E-state index in [0.29, 0.717) is 12.6 Å². The van der Waals surface area contributed by atoms with Gasteiger partial charge >= 0.3 is 0 Å². The van der Waals surface area contributed by atoms with Gasteiger partial charge in [-0.25, -0.2) is 0 Å². The lowest BCUT2D eigenvalue weighted by Gasteiger charge is -2.07. The van der Waals surface area contributed by atoms with Gasteiger partial charge in [-0.3, -0.25) is 0 Å². The smallest absolute Gasteiger partial charge is 0.132 e. The number of hydrogen-bond acceptors (Lipinski definition) is 3. The number of rotatable bonds is 3. The summed E-state index contributed by atoms with van der Waals surface area (Å²) in [6, 6.07) is 0.526.